The highest BCUT2D eigenvalue weighted by Crippen LogP contribution is 2.24. The first-order chi connectivity index (χ1) is 13.5. The normalized spacial score (nSPS) is 12.0. The fourth-order valence-corrected chi connectivity index (χ4v) is 2.63. The monoisotopic (exact) mass is 419 g/mol. The Morgan fingerprint density at radius 3 is 2.31 bits per heavy atom. The van der Waals surface area contributed by atoms with Gasteiger partial charge in [-0.3, -0.25) is 14.9 Å². The molecule has 2 amide bonds. The van der Waals surface area contributed by atoms with Gasteiger partial charge < -0.3 is 15.4 Å². The molecule has 1 atom stereocenters. The second kappa shape index (κ2) is 8.91. The molecule has 0 aliphatic heterocycles. The first-order valence-corrected chi connectivity index (χ1v) is 9.19. The van der Waals surface area contributed by atoms with E-state index in [9.17, 15) is 19.7 Å². The lowest BCUT2D eigenvalue weighted by atomic mass is 10.1. The summed E-state index contributed by atoms with van der Waals surface area (Å²) in [7, 11) is 0. The zero-order chi connectivity index (χ0) is 21.8. The Morgan fingerprint density at radius 2 is 1.76 bits per heavy atom. The van der Waals surface area contributed by atoms with Crippen LogP contribution >= 0.6 is 11.6 Å². The molecule has 9 heteroatoms. The number of non-ortho nitro benzene ring substituents is 1. The number of alkyl carbamates (subject to hydrolysis) is 1. The third kappa shape index (κ3) is 6.46. The molecule has 0 radical (unpaired) electrons. The lowest BCUT2D eigenvalue weighted by molar-refractivity contribution is -0.384. The number of ether oxygens (including phenoxy) is 1. The fraction of sp³-hybridized carbons (Fsp3) is 0.300. The van der Waals surface area contributed by atoms with Crippen molar-refractivity contribution in [3.63, 3.8) is 0 Å². The highest BCUT2D eigenvalue weighted by Gasteiger charge is 2.19. The van der Waals surface area contributed by atoms with Crippen LogP contribution in [0, 0.1) is 10.1 Å². The molecule has 0 bridgehead atoms. The Balaban J connectivity index is 2.05. The average molecular weight is 420 g/mol. The number of amides is 2. The smallest absolute Gasteiger partial charge is 0.408 e. The highest BCUT2D eigenvalue weighted by atomic mass is 35.5. The summed E-state index contributed by atoms with van der Waals surface area (Å²) >= 11 is 5.99. The SMILES string of the molecule is CC(NC(=O)OC(C)(C)C)c1ccc(NC(=O)c2cc([N+](=O)[O-])ccc2Cl)cc1. The van der Waals surface area contributed by atoms with Crippen LogP contribution in [0.1, 0.15) is 49.7 Å². The second-order valence-corrected chi connectivity index (χ2v) is 7.77. The van der Waals surface area contributed by atoms with Gasteiger partial charge in [0.25, 0.3) is 11.6 Å². The molecule has 0 heterocycles. The molecule has 0 aliphatic carbocycles. The molecule has 154 valence electrons. The predicted molar refractivity (Wildman–Crippen MR) is 110 cm³/mol. The number of nitro groups is 1. The summed E-state index contributed by atoms with van der Waals surface area (Å²) in [5, 5.41) is 16.4. The summed E-state index contributed by atoms with van der Waals surface area (Å²) in [6.45, 7) is 7.15. The van der Waals surface area contributed by atoms with Crippen molar-refractivity contribution >= 4 is 35.0 Å². The number of hydrogen-bond donors (Lipinski definition) is 2. The van der Waals surface area contributed by atoms with Crippen LogP contribution in [0.15, 0.2) is 42.5 Å². The van der Waals surface area contributed by atoms with Gasteiger partial charge in [0.2, 0.25) is 0 Å². The molecular formula is C20H22ClN3O5. The Hall–Kier alpha value is -3.13. The van der Waals surface area contributed by atoms with Gasteiger partial charge >= 0.3 is 6.09 Å². The van der Waals surface area contributed by atoms with Gasteiger partial charge in [-0.2, -0.15) is 0 Å². The number of carbonyl (C=O) groups excluding carboxylic acids is 2. The third-order valence-corrected chi connectivity index (χ3v) is 4.14. The van der Waals surface area contributed by atoms with Gasteiger partial charge in [-0.25, -0.2) is 4.79 Å². The van der Waals surface area contributed by atoms with Crippen molar-refractivity contribution in [2.45, 2.75) is 39.3 Å². The Kier molecular flexibility index (Phi) is 6.81. The number of nitro benzene ring substituents is 1. The number of nitrogens with zero attached hydrogens (tertiary/aromatic N) is 1. The first-order valence-electron chi connectivity index (χ1n) is 8.81. The Labute approximate surface area is 173 Å². The van der Waals surface area contributed by atoms with Crippen LogP contribution in [0.3, 0.4) is 0 Å². The number of anilines is 1. The van der Waals surface area contributed by atoms with Crippen molar-refractivity contribution < 1.29 is 19.2 Å². The molecule has 0 aromatic heterocycles. The van der Waals surface area contributed by atoms with E-state index in [0.29, 0.717) is 5.69 Å². The van der Waals surface area contributed by atoms with Gasteiger partial charge in [0, 0.05) is 17.8 Å². The highest BCUT2D eigenvalue weighted by molar-refractivity contribution is 6.34. The average Bonchev–Trinajstić information content (AvgIpc) is 2.60. The molecule has 0 aliphatic rings. The van der Waals surface area contributed by atoms with E-state index in [2.05, 4.69) is 10.6 Å². The van der Waals surface area contributed by atoms with E-state index < -0.39 is 22.5 Å². The maximum atomic E-state index is 12.4. The van der Waals surface area contributed by atoms with Gasteiger partial charge in [0.1, 0.15) is 5.60 Å². The molecule has 0 spiro atoms. The first kappa shape index (κ1) is 22.2. The van der Waals surface area contributed by atoms with Crippen LogP contribution in [0.4, 0.5) is 16.2 Å². The van der Waals surface area contributed by atoms with Crippen molar-refractivity contribution in [3.05, 3.63) is 68.7 Å². The van der Waals surface area contributed by atoms with E-state index in [1.165, 1.54) is 12.1 Å². The lowest BCUT2D eigenvalue weighted by Crippen LogP contribution is -2.34. The van der Waals surface area contributed by atoms with Crippen LogP contribution in [0.5, 0.6) is 0 Å². The molecule has 8 nitrogen and oxygen atoms in total. The number of carbonyl (C=O) groups is 2. The van der Waals surface area contributed by atoms with Crippen molar-refractivity contribution in [2.75, 3.05) is 5.32 Å². The van der Waals surface area contributed by atoms with Crippen LogP contribution in [0.25, 0.3) is 0 Å². The number of benzene rings is 2. The lowest BCUT2D eigenvalue weighted by Gasteiger charge is -2.22. The van der Waals surface area contributed by atoms with E-state index in [0.717, 1.165) is 11.6 Å². The molecule has 0 fully saturated rings. The van der Waals surface area contributed by atoms with Gasteiger partial charge in [0.15, 0.2) is 0 Å². The molecule has 2 aromatic rings. The number of nitrogens with one attached hydrogen (secondary N) is 2. The van der Waals surface area contributed by atoms with Crippen LogP contribution in [-0.4, -0.2) is 22.5 Å². The minimum atomic E-state index is -0.596. The van der Waals surface area contributed by atoms with Crippen LogP contribution in [-0.2, 0) is 4.74 Å². The zero-order valence-corrected chi connectivity index (χ0v) is 17.2. The quantitative estimate of drug-likeness (QED) is 0.518. The molecule has 2 aromatic carbocycles. The maximum Gasteiger partial charge on any atom is 0.408 e. The standard InChI is InChI=1S/C20H22ClN3O5/c1-12(22-19(26)29-20(2,3)4)13-5-7-14(8-6-13)23-18(25)16-11-15(24(27)28)9-10-17(16)21/h5-12H,1-4H3,(H,22,26)(H,23,25). The van der Waals surface area contributed by atoms with Crippen LogP contribution < -0.4 is 10.6 Å². The molecule has 29 heavy (non-hydrogen) atoms. The van der Waals surface area contributed by atoms with Gasteiger partial charge in [0.05, 0.1) is 21.6 Å². The molecule has 0 saturated heterocycles. The summed E-state index contributed by atoms with van der Waals surface area (Å²) in [6, 6.07) is 10.2. The van der Waals surface area contributed by atoms with E-state index in [4.69, 9.17) is 16.3 Å². The maximum absolute atomic E-state index is 12.4. The van der Waals surface area contributed by atoms with E-state index in [1.54, 1.807) is 52.0 Å². The molecule has 2 N–H and O–H groups in total. The summed E-state index contributed by atoms with van der Waals surface area (Å²) < 4.78 is 5.23. The number of hydrogen-bond acceptors (Lipinski definition) is 5. The minimum Gasteiger partial charge on any atom is -0.444 e. The number of rotatable bonds is 5. The summed E-state index contributed by atoms with van der Waals surface area (Å²) in [5.74, 6) is -0.564. The molecule has 0 saturated carbocycles. The summed E-state index contributed by atoms with van der Waals surface area (Å²) in [4.78, 5) is 34.6. The van der Waals surface area contributed by atoms with Gasteiger partial charge in [-0.15, -0.1) is 0 Å². The molecule has 2 rings (SSSR count). The predicted octanol–water partition coefficient (Wildman–Crippen LogP) is 5.09. The minimum absolute atomic E-state index is 0.00454. The Morgan fingerprint density at radius 1 is 1.14 bits per heavy atom. The summed E-state index contributed by atoms with van der Waals surface area (Å²) in [5.41, 5.74) is 0.473. The summed E-state index contributed by atoms with van der Waals surface area (Å²) in [6.07, 6.45) is -0.525. The van der Waals surface area contributed by atoms with Crippen molar-refractivity contribution in [1.29, 1.82) is 0 Å². The molecule has 1 unspecified atom stereocenters. The number of halogens is 1. The van der Waals surface area contributed by atoms with Crippen LogP contribution in [0.2, 0.25) is 5.02 Å². The zero-order valence-electron chi connectivity index (χ0n) is 16.5. The second-order valence-electron chi connectivity index (χ2n) is 7.37. The van der Waals surface area contributed by atoms with Crippen molar-refractivity contribution in [3.8, 4) is 0 Å². The van der Waals surface area contributed by atoms with Gasteiger partial charge in [-0.1, -0.05) is 23.7 Å². The van der Waals surface area contributed by atoms with E-state index >= 15 is 0 Å². The third-order valence-electron chi connectivity index (χ3n) is 3.81. The largest absolute Gasteiger partial charge is 0.444 e. The van der Waals surface area contributed by atoms with E-state index in [1.807, 2.05) is 0 Å². The fourth-order valence-electron chi connectivity index (χ4n) is 2.42. The van der Waals surface area contributed by atoms with Crippen molar-refractivity contribution in [1.82, 2.24) is 5.32 Å². The van der Waals surface area contributed by atoms with Crippen molar-refractivity contribution in [2.24, 2.45) is 0 Å². The van der Waals surface area contributed by atoms with E-state index in [-0.39, 0.29) is 22.3 Å². The molecular weight excluding hydrogens is 398 g/mol. The Bertz CT molecular complexity index is 923. The van der Waals surface area contributed by atoms with Gasteiger partial charge in [-0.05, 0) is 51.5 Å². The topological polar surface area (TPSA) is 111 Å².